The molecule has 4 nitrogen and oxygen atoms in total. The monoisotopic (exact) mass is 244 g/mol. The largest absolute Gasteiger partial charge is 0.379 e. The predicted octanol–water partition coefficient (Wildman–Crippen LogP) is 1.65. The molecule has 1 amide bonds. The number of hydrogen-bond acceptors (Lipinski definition) is 3. The minimum Gasteiger partial charge on any atom is -0.379 e. The fraction of sp³-hybridized carbons (Fsp3) is 0.923. The number of rotatable bonds is 9. The van der Waals surface area contributed by atoms with E-state index in [0.717, 1.165) is 26.0 Å². The van der Waals surface area contributed by atoms with Gasteiger partial charge in [0.05, 0.1) is 12.6 Å². The van der Waals surface area contributed by atoms with Crippen molar-refractivity contribution in [3.8, 4) is 0 Å². The number of unbranched alkanes of at least 4 members (excludes halogenated alkanes) is 1. The van der Waals surface area contributed by atoms with E-state index in [2.05, 4.69) is 5.32 Å². The highest BCUT2D eigenvalue weighted by atomic mass is 16.5. The van der Waals surface area contributed by atoms with Crippen molar-refractivity contribution in [2.24, 2.45) is 0 Å². The first-order valence-electron chi connectivity index (χ1n) is 6.53. The first-order chi connectivity index (χ1) is 7.95. The molecule has 0 atom stereocenters. The Balaban J connectivity index is 3.37. The van der Waals surface area contributed by atoms with Crippen LogP contribution < -0.4 is 5.32 Å². The van der Waals surface area contributed by atoms with Gasteiger partial charge in [-0.1, -0.05) is 0 Å². The van der Waals surface area contributed by atoms with E-state index < -0.39 is 0 Å². The second kappa shape index (κ2) is 9.42. The van der Waals surface area contributed by atoms with Crippen LogP contribution in [0.4, 0.5) is 0 Å². The zero-order valence-electron chi connectivity index (χ0n) is 12.0. The topological polar surface area (TPSA) is 41.6 Å². The lowest BCUT2D eigenvalue weighted by molar-refractivity contribution is -0.130. The first kappa shape index (κ1) is 16.4. The van der Waals surface area contributed by atoms with Crippen molar-refractivity contribution in [2.75, 3.05) is 26.7 Å². The molecule has 0 radical (unpaired) electrons. The minimum atomic E-state index is 0.151. The van der Waals surface area contributed by atoms with Gasteiger partial charge < -0.3 is 15.0 Å². The van der Waals surface area contributed by atoms with E-state index in [1.807, 2.05) is 34.7 Å². The first-order valence-corrected chi connectivity index (χ1v) is 6.53. The van der Waals surface area contributed by atoms with Crippen molar-refractivity contribution in [3.05, 3.63) is 0 Å². The van der Waals surface area contributed by atoms with Crippen LogP contribution in [-0.4, -0.2) is 49.7 Å². The van der Waals surface area contributed by atoms with E-state index in [1.54, 1.807) is 4.90 Å². The summed E-state index contributed by atoms with van der Waals surface area (Å²) in [5.74, 6) is 0.151. The van der Waals surface area contributed by atoms with Gasteiger partial charge in [0.2, 0.25) is 5.91 Å². The van der Waals surface area contributed by atoms with Crippen LogP contribution in [0.25, 0.3) is 0 Å². The van der Waals surface area contributed by atoms with E-state index in [4.69, 9.17) is 4.74 Å². The average molecular weight is 244 g/mol. The summed E-state index contributed by atoms with van der Waals surface area (Å²) < 4.78 is 5.44. The molecule has 0 aromatic carbocycles. The van der Waals surface area contributed by atoms with Crippen LogP contribution in [-0.2, 0) is 9.53 Å². The molecule has 4 heteroatoms. The van der Waals surface area contributed by atoms with Gasteiger partial charge >= 0.3 is 0 Å². The normalized spacial score (nSPS) is 11.2. The van der Waals surface area contributed by atoms with Crippen LogP contribution in [0.2, 0.25) is 0 Å². The van der Waals surface area contributed by atoms with Crippen LogP contribution in [0.3, 0.4) is 0 Å². The second-order valence-electron chi connectivity index (χ2n) is 4.90. The molecule has 0 heterocycles. The number of carbonyl (C=O) groups excluding carboxylic acids is 1. The van der Waals surface area contributed by atoms with Gasteiger partial charge in [0.15, 0.2) is 0 Å². The number of carbonyl (C=O) groups is 1. The standard InChI is InChI=1S/C13H28N2O2/c1-11(2)15(5)13(16)10-14-8-6-7-9-17-12(3)4/h11-12,14H,6-10H2,1-5H3. The second-order valence-corrected chi connectivity index (χ2v) is 4.90. The summed E-state index contributed by atoms with van der Waals surface area (Å²) in [7, 11) is 1.84. The maximum atomic E-state index is 11.6. The number of amides is 1. The Morgan fingerprint density at radius 2 is 1.88 bits per heavy atom. The summed E-state index contributed by atoms with van der Waals surface area (Å²) in [5.41, 5.74) is 0. The molecule has 0 rings (SSSR count). The van der Waals surface area contributed by atoms with Gasteiger partial charge in [-0.3, -0.25) is 4.79 Å². The number of hydrogen-bond donors (Lipinski definition) is 1. The SMILES string of the molecule is CC(C)OCCCCNCC(=O)N(C)C(C)C. The van der Waals surface area contributed by atoms with Crippen molar-refractivity contribution >= 4 is 5.91 Å². The van der Waals surface area contributed by atoms with Crippen LogP contribution >= 0.6 is 0 Å². The van der Waals surface area contributed by atoms with Crippen LogP contribution in [0.1, 0.15) is 40.5 Å². The summed E-state index contributed by atoms with van der Waals surface area (Å²) in [5, 5.41) is 3.16. The predicted molar refractivity (Wildman–Crippen MR) is 71.1 cm³/mol. The molecule has 0 aromatic heterocycles. The van der Waals surface area contributed by atoms with Gasteiger partial charge in [0.25, 0.3) is 0 Å². The molecule has 1 N–H and O–H groups in total. The fourth-order valence-corrected chi connectivity index (χ4v) is 1.28. The number of ether oxygens (including phenoxy) is 1. The maximum Gasteiger partial charge on any atom is 0.236 e. The van der Waals surface area contributed by atoms with Crippen molar-refractivity contribution < 1.29 is 9.53 Å². The Kier molecular flexibility index (Phi) is 9.09. The highest BCUT2D eigenvalue weighted by Crippen LogP contribution is 1.95. The molecule has 102 valence electrons. The van der Waals surface area contributed by atoms with Gasteiger partial charge in [0, 0.05) is 19.7 Å². The van der Waals surface area contributed by atoms with Crippen molar-refractivity contribution in [1.29, 1.82) is 0 Å². The van der Waals surface area contributed by atoms with Crippen LogP contribution in [0.5, 0.6) is 0 Å². The number of nitrogens with zero attached hydrogens (tertiary/aromatic N) is 1. The molecule has 0 unspecified atom stereocenters. The molecular weight excluding hydrogens is 216 g/mol. The van der Waals surface area contributed by atoms with Crippen molar-refractivity contribution in [3.63, 3.8) is 0 Å². The molecule has 0 aliphatic carbocycles. The average Bonchev–Trinajstić information content (AvgIpc) is 2.25. The number of likely N-dealkylation sites (N-methyl/N-ethyl adjacent to an activating group) is 1. The summed E-state index contributed by atoms with van der Waals surface area (Å²) in [6.45, 7) is 10.2. The highest BCUT2D eigenvalue weighted by Gasteiger charge is 2.10. The van der Waals surface area contributed by atoms with Gasteiger partial charge in [0.1, 0.15) is 0 Å². The third kappa shape index (κ3) is 9.12. The third-order valence-corrected chi connectivity index (χ3v) is 2.64. The van der Waals surface area contributed by atoms with Gasteiger partial charge in [-0.2, -0.15) is 0 Å². The molecule has 0 aliphatic heterocycles. The fourth-order valence-electron chi connectivity index (χ4n) is 1.28. The van der Waals surface area contributed by atoms with E-state index in [0.29, 0.717) is 12.6 Å². The van der Waals surface area contributed by atoms with Crippen LogP contribution in [0.15, 0.2) is 0 Å². The molecule has 0 bridgehead atoms. The zero-order chi connectivity index (χ0) is 13.3. The molecule has 0 spiro atoms. The lowest BCUT2D eigenvalue weighted by Crippen LogP contribution is -2.39. The summed E-state index contributed by atoms with van der Waals surface area (Å²) in [6, 6.07) is 0.267. The Morgan fingerprint density at radius 1 is 1.24 bits per heavy atom. The molecule has 17 heavy (non-hydrogen) atoms. The lowest BCUT2D eigenvalue weighted by Gasteiger charge is -2.21. The van der Waals surface area contributed by atoms with Crippen LogP contribution in [0, 0.1) is 0 Å². The molecule has 0 saturated heterocycles. The third-order valence-electron chi connectivity index (χ3n) is 2.64. The molecule has 0 aromatic rings. The summed E-state index contributed by atoms with van der Waals surface area (Å²) >= 11 is 0. The molecule has 0 saturated carbocycles. The van der Waals surface area contributed by atoms with Crippen molar-refractivity contribution in [1.82, 2.24) is 10.2 Å². The Bertz CT molecular complexity index is 206. The molecular formula is C13H28N2O2. The van der Waals surface area contributed by atoms with Gasteiger partial charge in [-0.05, 0) is 47.1 Å². The Labute approximate surface area is 106 Å². The lowest BCUT2D eigenvalue weighted by atomic mass is 10.3. The Hall–Kier alpha value is -0.610. The van der Waals surface area contributed by atoms with Crippen molar-refractivity contribution in [2.45, 2.75) is 52.7 Å². The maximum absolute atomic E-state index is 11.6. The molecule has 0 aliphatic rings. The highest BCUT2D eigenvalue weighted by molar-refractivity contribution is 5.78. The smallest absolute Gasteiger partial charge is 0.236 e. The summed E-state index contributed by atoms with van der Waals surface area (Å²) in [4.78, 5) is 13.4. The Morgan fingerprint density at radius 3 is 2.41 bits per heavy atom. The minimum absolute atomic E-state index is 0.151. The summed E-state index contributed by atoms with van der Waals surface area (Å²) in [6.07, 6.45) is 2.40. The quantitative estimate of drug-likeness (QED) is 0.627. The van der Waals surface area contributed by atoms with E-state index in [-0.39, 0.29) is 11.9 Å². The van der Waals surface area contributed by atoms with E-state index >= 15 is 0 Å². The van der Waals surface area contributed by atoms with Gasteiger partial charge in [-0.25, -0.2) is 0 Å². The zero-order valence-corrected chi connectivity index (χ0v) is 12.0. The van der Waals surface area contributed by atoms with Gasteiger partial charge in [-0.15, -0.1) is 0 Å². The van der Waals surface area contributed by atoms with E-state index in [9.17, 15) is 4.79 Å². The molecule has 0 fully saturated rings. The van der Waals surface area contributed by atoms with E-state index in [1.165, 1.54) is 0 Å². The number of nitrogens with one attached hydrogen (secondary N) is 1.